The van der Waals surface area contributed by atoms with Crippen molar-refractivity contribution in [2.75, 3.05) is 26.7 Å². The van der Waals surface area contributed by atoms with Gasteiger partial charge >= 0.3 is 0 Å². The number of piperidine rings is 1. The lowest BCUT2D eigenvalue weighted by molar-refractivity contribution is -0.145. The number of amides is 1. The number of aliphatic hydroxyl groups is 2. The first-order valence-corrected chi connectivity index (χ1v) is 11.2. The molecule has 0 aromatic rings. The van der Waals surface area contributed by atoms with E-state index in [2.05, 4.69) is 15.2 Å². The van der Waals surface area contributed by atoms with E-state index in [0.29, 0.717) is 18.8 Å². The van der Waals surface area contributed by atoms with Crippen LogP contribution >= 0.6 is 0 Å². The number of hydrogen-bond donors (Lipinski definition) is 4. The highest BCUT2D eigenvalue weighted by Gasteiger charge is 2.39. The molecule has 3 aliphatic rings. The lowest BCUT2D eigenvalue weighted by atomic mass is 9.72. The van der Waals surface area contributed by atoms with Crippen LogP contribution in [0.5, 0.6) is 0 Å². The number of hydrogen-bond acceptors (Lipinski definition) is 6. The molecule has 0 bridgehead atoms. The van der Waals surface area contributed by atoms with Crippen molar-refractivity contribution in [1.82, 2.24) is 10.4 Å². The van der Waals surface area contributed by atoms with Crippen LogP contribution in [0.4, 0.5) is 0 Å². The molecule has 6 unspecified atom stereocenters. The van der Waals surface area contributed by atoms with E-state index in [4.69, 9.17) is 5.73 Å². The summed E-state index contributed by atoms with van der Waals surface area (Å²) in [6.45, 7) is 2.67. The maximum atomic E-state index is 11.9. The molecule has 28 heavy (non-hydrogen) atoms. The number of nitrogens with zero attached hydrogens (tertiary/aromatic N) is 1. The average molecular weight is 398 g/mol. The Morgan fingerprint density at radius 2 is 1.89 bits per heavy atom. The molecule has 7 heteroatoms. The Hall–Kier alpha value is -0.730. The molecule has 0 aromatic carbocycles. The van der Waals surface area contributed by atoms with E-state index in [1.165, 1.54) is 32.8 Å². The van der Waals surface area contributed by atoms with Crippen LogP contribution in [0.2, 0.25) is 0 Å². The number of carbonyl (C=O) groups is 1. The summed E-state index contributed by atoms with van der Waals surface area (Å²) in [4.78, 5) is 18.8. The second-order valence-corrected chi connectivity index (χ2v) is 9.23. The molecule has 0 spiro atoms. The fourth-order valence-electron chi connectivity index (χ4n) is 5.86. The van der Waals surface area contributed by atoms with Gasteiger partial charge in [0.25, 0.3) is 0 Å². The van der Waals surface area contributed by atoms with E-state index < -0.39 is 18.2 Å². The summed E-state index contributed by atoms with van der Waals surface area (Å²) in [5, 5.41) is 21.3. The Labute approximate surface area is 168 Å². The molecule has 0 aromatic heterocycles. The number of rotatable bonds is 6. The molecule has 2 saturated carbocycles. The van der Waals surface area contributed by atoms with Crippen molar-refractivity contribution in [1.29, 1.82) is 0 Å². The highest BCUT2D eigenvalue weighted by molar-refractivity contribution is 5.78. The molecule has 0 radical (unpaired) electrons. The van der Waals surface area contributed by atoms with Crippen molar-refractivity contribution < 1.29 is 19.8 Å². The van der Waals surface area contributed by atoms with Gasteiger partial charge in [0.1, 0.15) is 6.23 Å². The van der Waals surface area contributed by atoms with Crippen molar-refractivity contribution in [3.8, 4) is 0 Å². The number of aliphatic hydroxyl groups excluding tert-OH is 2. The minimum absolute atomic E-state index is 0.0226. The molecule has 2 aliphatic carbocycles. The van der Waals surface area contributed by atoms with Crippen molar-refractivity contribution in [2.24, 2.45) is 35.3 Å². The Kier molecular flexibility index (Phi) is 8.12. The molecule has 1 aliphatic heterocycles. The van der Waals surface area contributed by atoms with Crippen LogP contribution in [0.1, 0.15) is 57.8 Å². The van der Waals surface area contributed by atoms with Gasteiger partial charge in [-0.05, 0) is 69.2 Å². The number of likely N-dealkylation sites (tertiary alicyclic amines) is 1. The van der Waals surface area contributed by atoms with Gasteiger partial charge in [0.15, 0.2) is 0 Å². The van der Waals surface area contributed by atoms with E-state index in [-0.39, 0.29) is 11.8 Å². The minimum atomic E-state index is -0.725. The Morgan fingerprint density at radius 1 is 1.14 bits per heavy atom. The van der Waals surface area contributed by atoms with Crippen molar-refractivity contribution in [2.45, 2.75) is 70.1 Å². The van der Waals surface area contributed by atoms with Gasteiger partial charge in [0.2, 0.25) is 5.91 Å². The van der Waals surface area contributed by atoms with Crippen LogP contribution < -0.4 is 11.2 Å². The summed E-state index contributed by atoms with van der Waals surface area (Å²) in [6, 6.07) is 0. The van der Waals surface area contributed by atoms with Gasteiger partial charge in [0, 0.05) is 19.0 Å². The lowest BCUT2D eigenvalue weighted by Gasteiger charge is -2.44. The maximum Gasteiger partial charge on any atom is 0.249 e. The molecular formula is C21H39N3O4. The van der Waals surface area contributed by atoms with Crippen LogP contribution in [0.15, 0.2) is 0 Å². The van der Waals surface area contributed by atoms with Gasteiger partial charge in [-0.1, -0.05) is 12.8 Å². The highest BCUT2D eigenvalue weighted by atomic mass is 16.6. The molecule has 1 heterocycles. The molecule has 1 saturated heterocycles. The standard InChI is InChI=1S/C21H39N3O4/c1-28-23-20(26)18-6-5-17(12-19(18)25)21(27)24-9-7-15(8-10-24)16-4-2-3-14(11-16)13-22/h14-19,21,25,27H,2-13,22H2,1H3,(H,23,26). The van der Waals surface area contributed by atoms with E-state index in [9.17, 15) is 15.0 Å². The normalized spacial score (nSPS) is 36.8. The van der Waals surface area contributed by atoms with Crippen LogP contribution in [0, 0.1) is 29.6 Å². The predicted octanol–water partition coefficient (Wildman–Crippen LogP) is 1.24. The lowest BCUT2D eigenvalue weighted by Crippen LogP contribution is -2.50. The first-order valence-electron chi connectivity index (χ1n) is 11.2. The van der Waals surface area contributed by atoms with E-state index >= 15 is 0 Å². The van der Waals surface area contributed by atoms with Crippen LogP contribution in [0.3, 0.4) is 0 Å². The molecule has 162 valence electrons. The molecular weight excluding hydrogens is 358 g/mol. The SMILES string of the molecule is CONC(=O)C1CCC(C(O)N2CCC(C3CCCC(CN)C3)CC2)CC1O. The van der Waals surface area contributed by atoms with Gasteiger partial charge in [-0.25, -0.2) is 5.48 Å². The smallest absolute Gasteiger partial charge is 0.249 e. The third-order valence-electron chi connectivity index (χ3n) is 7.59. The summed E-state index contributed by atoms with van der Waals surface area (Å²) in [5.41, 5.74) is 8.22. The average Bonchev–Trinajstić information content (AvgIpc) is 2.73. The molecule has 3 fully saturated rings. The monoisotopic (exact) mass is 397 g/mol. The molecule has 7 nitrogen and oxygen atoms in total. The molecule has 5 N–H and O–H groups in total. The number of hydroxylamine groups is 1. The third-order valence-corrected chi connectivity index (χ3v) is 7.59. The first-order chi connectivity index (χ1) is 13.5. The van der Waals surface area contributed by atoms with Crippen LogP contribution in [-0.4, -0.2) is 60.1 Å². The Morgan fingerprint density at radius 3 is 2.54 bits per heavy atom. The molecule has 6 atom stereocenters. The van der Waals surface area contributed by atoms with Crippen molar-refractivity contribution in [3.05, 3.63) is 0 Å². The zero-order valence-electron chi connectivity index (χ0n) is 17.3. The number of carbonyl (C=O) groups excluding carboxylic acids is 1. The maximum absolute atomic E-state index is 11.9. The fraction of sp³-hybridized carbons (Fsp3) is 0.952. The first kappa shape index (κ1) is 22.0. The van der Waals surface area contributed by atoms with Crippen LogP contribution in [0.25, 0.3) is 0 Å². The summed E-state index contributed by atoms with van der Waals surface area (Å²) in [7, 11) is 1.40. The Bertz CT molecular complexity index is 498. The van der Waals surface area contributed by atoms with Gasteiger partial charge in [0.05, 0.1) is 19.1 Å². The largest absolute Gasteiger partial charge is 0.392 e. The minimum Gasteiger partial charge on any atom is -0.392 e. The molecule has 1 amide bonds. The third kappa shape index (κ3) is 5.25. The summed E-state index contributed by atoms with van der Waals surface area (Å²) in [6.07, 6.45) is 8.06. The summed E-state index contributed by atoms with van der Waals surface area (Å²) in [5.74, 6) is 1.57. The second kappa shape index (κ2) is 10.3. The van der Waals surface area contributed by atoms with Crippen molar-refractivity contribution in [3.63, 3.8) is 0 Å². The van der Waals surface area contributed by atoms with E-state index in [1.807, 2.05) is 0 Å². The van der Waals surface area contributed by atoms with Crippen LogP contribution in [-0.2, 0) is 9.63 Å². The summed E-state index contributed by atoms with van der Waals surface area (Å²) >= 11 is 0. The fourth-order valence-corrected chi connectivity index (χ4v) is 5.86. The number of nitrogens with two attached hydrogens (primary N) is 1. The van der Waals surface area contributed by atoms with Gasteiger partial charge in [-0.3, -0.25) is 14.5 Å². The number of nitrogens with one attached hydrogen (secondary N) is 1. The second-order valence-electron chi connectivity index (χ2n) is 9.23. The topological polar surface area (TPSA) is 108 Å². The van der Waals surface area contributed by atoms with Gasteiger partial charge in [-0.2, -0.15) is 0 Å². The quantitative estimate of drug-likeness (QED) is 0.502. The van der Waals surface area contributed by atoms with Gasteiger partial charge < -0.3 is 15.9 Å². The van der Waals surface area contributed by atoms with E-state index in [1.54, 1.807) is 0 Å². The highest BCUT2D eigenvalue weighted by Crippen LogP contribution is 2.39. The van der Waals surface area contributed by atoms with Gasteiger partial charge in [-0.15, -0.1) is 0 Å². The van der Waals surface area contributed by atoms with E-state index in [0.717, 1.165) is 50.7 Å². The van der Waals surface area contributed by atoms with Crippen molar-refractivity contribution >= 4 is 5.91 Å². The zero-order valence-corrected chi connectivity index (χ0v) is 17.3. The predicted molar refractivity (Wildman–Crippen MR) is 107 cm³/mol. The summed E-state index contributed by atoms with van der Waals surface area (Å²) < 4.78 is 0. The molecule has 3 rings (SSSR count). The Balaban J connectivity index is 1.45. The zero-order chi connectivity index (χ0) is 20.1.